The predicted octanol–water partition coefficient (Wildman–Crippen LogP) is 2.09. The predicted molar refractivity (Wildman–Crippen MR) is 82.8 cm³/mol. The number of likely N-dealkylation sites (N-methyl/N-ethyl adjacent to an activating group) is 1. The molecule has 2 rings (SSSR count). The van der Waals surface area contributed by atoms with Crippen LogP contribution in [0.3, 0.4) is 0 Å². The smallest absolute Gasteiger partial charge is 0.242 e. The van der Waals surface area contributed by atoms with Crippen molar-refractivity contribution in [2.75, 3.05) is 26.2 Å². The van der Waals surface area contributed by atoms with Gasteiger partial charge in [0.2, 0.25) is 11.8 Å². The van der Waals surface area contributed by atoms with Crippen molar-refractivity contribution < 1.29 is 9.59 Å². The molecule has 1 heterocycles. The molecule has 1 aromatic rings. The molecule has 0 saturated carbocycles. The monoisotopic (exact) mass is 288 g/mol. The lowest BCUT2D eigenvalue weighted by Crippen LogP contribution is -2.45. The number of carbonyl (C=O) groups excluding carboxylic acids is 2. The molecule has 1 fully saturated rings. The highest BCUT2D eigenvalue weighted by atomic mass is 16.2. The summed E-state index contributed by atoms with van der Waals surface area (Å²) in [5, 5.41) is 0. The Bertz CT molecular complexity index is 473. The van der Waals surface area contributed by atoms with Gasteiger partial charge in [-0.3, -0.25) is 9.59 Å². The number of carbonyl (C=O) groups is 2. The molecule has 1 aliphatic heterocycles. The first-order valence-electron chi connectivity index (χ1n) is 7.80. The summed E-state index contributed by atoms with van der Waals surface area (Å²) in [6.45, 7) is 4.35. The molecule has 0 atom stereocenters. The lowest BCUT2D eigenvalue weighted by atomic mass is 10.1. The van der Waals surface area contributed by atoms with Gasteiger partial charge in [0.15, 0.2) is 0 Å². The molecule has 0 N–H and O–H groups in total. The van der Waals surface area contributed by atoms with Gasteiger partial charge in [0.05, 0.1) is 6.54 Å². The number of hydrogen-bond donors (Lipinski definition) is 0. The average molecular weight is 288 g/mol. The highest BCUT2D eigenvalue weighted by molar-refractivity contribution is 5.85. The third kappa shape index (κ3) is 4.59. The first kappa shape index (κ1) is 15.5. The molecule has 0 unspecified atom stereocenters. The van der Waals surface area contributed by atoms with E-state index in [4.69, 9.17) is 0 Å². The second-order valence-electron chi connectivity index (χ2n) is 5.48. The van der Waals surface area contributed by atoms with Crippen molar-refractivity contribution in [1.29, 1.82) is 0 Å². The maximum atomic E-state index is 12.3. The SMILES string of the molecule is CCN(CCc1ccccc1)C(=O)CN1CCCCC1=O. The molecule has 1 aliphatic rings. The van der Waals surface area contributed by atoms with Gasteiger partial charge in [-0.15, -0.1) is 0 Å². The Balaban J connectivity index is 1.84. The first-order chi connectivity index (χ1) is 10.2. The number of piperidine rings is 1. The van der Waals surface area contributed by atoms with E-state index in [9.17, 15) is 9.59 Å². The maximum Gasteiger partial charge on any atom is 0.242 e. The zero-order chi connectivity index (χ0) is 15.1. The molecule has 0 bridgehead atoms. The molecule has 4 nitrogen and oxygen atoms in total. The quantitative estimate of drug-likeness (QED) is 0.804. The summed E-state index contributed by atoms with van der Waals surface area (Å²) in [5.74, 6) is 0.178. The number of likely N-dealkylation sites (tertiary alicyclic amines) is 1. The highest BCUT2D eigenvalue weighted by Gasteiger charge is 2.22. The van der Waals surface area contributed by atoms with Crippen molar-refractivity contribution in [3.8, 4) is 0 Å². The fourth-order valence-electron chi connectivity index (χ4n) is 2.66. The summed E-state index contributed by atoms with van der Waals surface area (Å²) in [5.41, 5.74) is 1.23. The van der Waals surface area contributed by atoms with Crippen LogP contribution in [0, 0.1) is 0 Å². The molecule has 114 valence electrons. The Hall–Kier alpha value is -1.84. The van der Waals surface area contributed by atoms with Crippen LogP contribution < -0.4 is 0 Å². The Labute approximate surface area is 126 Å². The first-order valence-corrected chi connectivity index (χ1v) is 7.80. The van der Waals surface area contributed by atoms with Gasteiger partial charge in [0.1, 0.15) is 0 Å². The number of amides is 2. The Morgan fingerprint density at radius 1 is 1.24 bits per heavy atom. The zero-order valence-corrected chi connectivity index (χ0v) is 12.8. The Kier molecular flexibility index (Phi) is 5.78. The molecule has 1 aromatic carbocycles. The standard InChI is InChI=1S/C17H24N2O2/c1-2-18(13-11-15-8-4-3-5-9-15)17(21)14-19-12-7-6-10-16(19)20/h3-5,8-9H,2,6-7,10-14H2,1H3. The van der Waals surface area contributed by atoms with E-state index in [2.05, 4.69) is 12.1 Å². The van der Waals surface area contributed by atoms with E-state index in [0.29, 0.717) is 19.5 Å². The van der Waals surface area contributed by atoms with E-state index in [1.807, 2.05) is 30.0 Å². The van der Waals surface area contributed by atoms with E-state index in [-0.39, 0.29) is 18.4 Å². The highest BCUT2D eigenvalue weighted by Crippen LogP contribution is 2.11. The van der Waals surface area contributed by atoms with E-state index >= 15 is 0 Å². The van der Waals surface area contributed by atoms with Crippen LogP contribution >= 0.6 is 0 Å². The molecule has 1 saturated heterocycles. The molecule has 0 spiro atoms. The summed E-state index contributed by atoms with van der Waals surface area (Å²) >= 11 is 0. The van der Waals surface area contributed by atoms with Gasteiger partial charge >= 0.3 is 0 Å². The minimum absolute atomic E-state index is 0.0590. The van der Waals surface area contributed by atoms with Gasteiger partial charge in [0, 0.05) is 26.1 Å². The van der Waals surface area contributed by atoms with Crippen LogP contribution in [0.2, 0.25) is 0 Å². The fourth-order valence-corrected chi connectivity index (χ4v) is 2.66. The van der Waals surface area contributed by atoms with Crippen molar-refractivity contribution in [3.05, 3.63) is 35.9 Å². The van der Waals surface area contributed by atoms with Crippen molar-refractivity contribution in [2.45, 2.75) is 32.6 Å². The van der Waals surface area contributed by atoms with Gasteiger partial charge in [-0.05, 0) is 31.7 Å². The van der Waals surface area contributed by atoms with Crippen LogP contribution in [0.5, 0.6) is 0 Å². The van der Waals surface area contributed by atoms with E-state index in [0.717, 1.165) is 25.8 Å². The molecule has 0 aliphatic carbocycles. The second-order valence-corrected chi connectivity index (χ2v) is 5.48. The largest absolute Gasteiger partial charge is 0.341 e. The van der Waals surface area contributed by atoms with Gasteiger partial charge in [-0.1, -0.05) is 30.3 Å². The minimum Gasteiger partial charge on any atom is -0.341 e. The number of hydrogen-bond acceptors (Lipinski definition) is 2. The van der Waals surface area contributed by atoms with Gasteiger partial charge in [0.25, 0.3) is 0 Å². The van der Waals surface area contributed by atoms with E-state index in [1.165, 1.54) is 5.56 Å². The number of rotatable bonds is 6. The molecule has 4 heteroatoms. The van der Waals surface area contributed by atoms with Crippen LogP contribution in [-0.2, 0) is 16.0 Å². The fraction of sp³-hybridized carbons (Fsp3) is 0.529. The van der Waals surface area contributed by atoms with Crippen molar-refractivity contribution in [3.63, 3.8) is 0 Å². The summed E-state index contributed by atoms with van der Waals surface area (Å²) < 4.78 is 0. The third-order valence-corrected chi connectivity index (χ3v) is 4.00. The average Bonchev–Trinajstić information content (AvgIpc) is 2.51. The van der Waals surface area contributed by atoms with Crippen LogP contribution in [0.4, 0.5) is 0 Å². The third-order valence-electron chi connectivity index (χ3n) is 4.00. The summed E-state index contributed by atoms with van der Waals surface area (Å²) in [4.78, 5) is 27.7. The topological polar surface area (TPSA) is 40.6 Å². The van der Waals surface area contributed by atoms with Gasteiger partial charge in [-0.2, -0.15) is 0 Å². The van der Waals surface area contributed by atoms with Gasteiger partial charge in [-0.25, -0.2) is 0 Å². The molecule has 0 aromatic heterocycles. The number of nitrogens with zero attached hydrogens (tertiary/aromatic N) is 2. The van der Waals surface area contributed by atoms with E-state index in [1.54, 1.807) is 4.90 Å². The zero-order valence-electron chi connectivity index (χ0n) is 12.8. The maximum absolute atomic E-state index is 12.3. The summed E-state index contributed by atoms with van der Waals surface area (Å²) in [6, 6.07) is 10.2. The van der Waals surface area contributed by atoms with Crippen LogP contribution in [-0.4, -0.2) is 47.8 Å². The molecular weight excluding hydrogens is 264 g/mol. The van der Waals surface area contributed by atoms with Crippen molar-refractivity contribution in [2.24, 2.45) is 0 Å². The van der Waals surface area contributed by atoms with Crippen LogP contribution in [0.25, 0.3) is 0 Å². The lowest BCUT2D eigenvalue weighted by molar-refractivity contribution is -0.141. The lowest BCUT2D eigenvalue weighted by Gasteiger charge is -2.29. The Morgan fingerprint density at radius 3 is 2.67 bits per heavy atom. The summed E-state index contributed by atoms with van der Waals surface area (Å²) in [6.07, 6.45) is 3.40. The molecule has 2 amide bonds. The van der Waals surface area contributed by atoms with Crippen molar-refractivity contribution >= 4 is 11.8 Å². The second kappa shape index (κ2) is 7.81. The number of benzene rings is 1. The summed E-state index contributed by atoms with van der Waals surface area (Å²) in [7, 11) is 0. The van der Waals surface area contributed by atoms with Crippen molar-refractivity contribution in [1.82, 2.24) is 9.80 Å². The van der Waals surface area contributed by atoms with Crippen LogP contribution in [0.15, 0.2) is 30.3 Å². The normalized spacial score (nSPS) is 15.1. The van der Waals surface area contributed by atoms with E-state index < -0.39 is 0 Å². The molecule has 0 radical (unpaired) electrons. The minimum atomic E-state index is 0.0590. The van der Waals surface area contributed by atoms with Gasteiger partial charge < -0.3 is 9.80 Å². The molecule has 21 heavy (non-hydrogen) atoms. The molecular formula is C17H24N2O2. The Morgan fingerprint density at radius 2 is 2.00 bits per heavy atom. The van der Waals surface area contributed by atoms with Crippen LogP contribution in [0.1, 0.15) is 31.7 Å².